The lowest BCUT2D eigenvalue weighted by Crippen LogP contribution is -2.30. The highest BCUT2D eigenvalue weighted by molar-refractivity contribution is 7.71. The van der Waals surface area contributed by atoms with Gasteiger partial charge in [0.05, 0.1) is 0 Å². The molecule has 0 aliphatic carbocycles. The van der Waals surface area contributed by atoms with E-state index in [1.54, 1.807) is 0 Å². The highest BCUT2D eigenvalue weighted by Crippen LogP contribution is 2.23. The third-order valence-corrected chi connectivity index (χ3v) is 4.58. The molecule has 112 valence electrons. The second kappa shape index (κ2) is 5.34. The molecule has 0 amide bonds. The number of rotatable bonds is 2. The number of hydrogen-bond donors (Lipinski definition) is 2. The number of aryl methyl sites for hydroxylation is 1. The van der Waals surface area contributed by atoms with Gasteiger partial charge < -0.3 is 9.97 Å². The third-order valence-electron chi connectivity index (χ3n) is 4.37. The first-order valence-electron chi connectivity index (χ1n) is 7.55. The molecule has 4 nitrogen and oxygen atoms in total. The van der Waals surface area contributed by atoms with Crippen LogP contribution >= 0.6 is 12.2 Å². The number of hydrogen-bond acceptors (Lipinski definition) is 3. The minimum Gasteiger partial charge on any atom is -0.361 e. The van der Waals surface area contributed by atoms with Crippen molar-refractivity contribution < 1.29 is 0 Å². The summed E-state index contributed by atoms with van der Waals surface area (Å²) in [5.41, 5.74) is 6.37. The maximum Gasteiger partial charge on any atom is 0.196 e. The van der Waals surface area contributed by atoms with Crippen molar-refractivity contribution >= 4 is 23.1 Å². The molecule has 1 aromatic carbocycles. The fraction of sp³-hybridized carbons (Fsp3) is 0.294. The number of aromatic amines is 2. The molecule has 0 unspecified atom stereocenters. The van der Waals surface area contributed by atoms with Crippen molar-refractivity contribution in [1.29, 1.82) is 0 Å². The van der Waals surface area contributed by atoms with Crippen molar-refractivity contribution in [3.63, 3.8) is 0 Å². The van der Waals surface area contributed by atoms with Crippen molar-refractivity contribution in [1.82, 2.24) is 19.9 Å². The summed E-state index contributed by atoms with van der Waals surface area (Å²) in [6.45, 7) is 5.06. The highest BCUT2D eigenvalue weighted by atomic mass is 32.1. The highest BCUT2D eigenvalue weighted by Gasteiger charge is 2.18. The Kier molecular flexibility index (Phi) is 3.32. The Morgan fingerprint density at radius 1 is 1.36 bits per heavy atom. The number of fused-ring (bicyclic) bond motifs is 2. The molecule has 2 aromatic heterocycles. The standard InChI is InChI=1S/C17H18N4S/c1-11-2-3-16-14(6-11)12(7-18-16)9-21-5-4-15-13(10-21)8-19-17(22)20-15/h2-3,6-8,18H,4-5,9-10H2,1H3,(H,19,20,22). The molecular weight excluding hydrogens is 292 g/mol. The van der Waals surface area contributed by atoms with Gasteiger partial charge in [-0.1, -0.05) is 11.6 Å². The van der Waals surface area contributed by atoms with Crippen LogP contribution in [0.4, 0.5) is 0 Å². The molecule has 2 N–H and O–H groups in total. The summed E-state index contributed by atoms with van der Waals surface area (Å²) < 4.78 is 0.583. The molecule has 22 heavy (non-hydrogen) atoms. The minimum absolute atomic E-state index is 0.583. The maximum atomic E-state index is 5.10. The van der Waals surface area contributed by atoms with E-state index in [0.717, 1.165) is 26.1 Å². The zero-order valence-electron chi connectivity index (χ0n) is 12.5. The lowest BCUT2D eigenvalue weighted by Gasteiger charge is -2.27. The van der Waals surface area contributed by atoms with E-state index in [1.807, 2.05) is 6.20 Å². The fourth-order valence-electron chi connectivity index (χ4n) is 3.20. The Hall–Kier alpha value is -1.98. The van der Waals surface area contributed by atoms with E-state index in [2.05, 4.69) is 51.2 Å². The molecule has 0 atom stereocenters. The minimum atomic E-state index is 0.583. The van der Waals surface area contributed by atoms with E-state index in [4.69, 9.17) is 12.2 Å². The van der Waals surface area contributed by atoms with Crippen LogP contribution in [0.15, 0.2) is 30.6 Å². The second-order valence-electron chi connectivity index (χ2n) is 6.02. The summed E-state index contributed by atoms with van der Waals surface area (Å²) >= 11 is 5.10. The molecule has 0 spiro atoms. The van der Waals surface area contributed by atoms with Crippen LogP contribution in [0.2, 0.25) is 0 Å². The van der Waals surface area contributed by atoms with E-state index in [0.29, 0.717) is 4.77 Å². The Morgan fingerprint density at radius 2 is 2.27 bits per heavy atom. The Labute approximate surface area is 134 Å². The van der Waals surface area contributed by atoms with Gasteiger partial charge in [-0.3, -0.25) is 4.90 Å². The summed E-state index contributed by atoms with van der Waals surface area (Å²) in [6.07, 6.45) is 5.05. The van der Waals surface area contributed by atoms with Crippen LogP contribution in [0.5, 0.6) is 0 Å². The molecule has 3 heterocycles. The van der Waals surface area contributed by atoms with Crippen LogP contribution in [-0.2, 0) is 19.5 Å². The van der Waals surface area contributed by atoms with Gasteiger partial charge in [-0.15, -0.1) is 0 Å². The lowest BCUT2D eigenvalue weighted by molar-refractivity contribution is 0.243. The zero-order valence-corrected chi connectivity index (χ0v) is 13.3. The van der Waals surface area contributed by atoms with Crippen LogP contribution in [0.3, 0.4) is 0 Å². The van der Waals surface area contributed by atoms with Crippen molar-refractivity contribution in [2.24, 2.45) is 0 Å². The van der Waals surface area contributed by atoms with Crippen LogP contribution in [-0.4, -0.2) is 26.4 Å². The summed E-state index contributed by atoms with van der Waals surface area (Å²) in [5, 5.41) is 1.33. The number of benzene rings is 1. The van der Waals surface area contributed by atoms with Gasteiger partial charge in [-0.25, -0.2) is 4.98 Å². The SMILES string of the molecule is Cc1ccc2[nH]cc(CN3CCc4[nH]c(=S)ncc4C3)c2c1. The van der Waals surface area contributed by atoms with Gasteiger partial charge in [-0.2, -0.15) is 0 Å². The largest absolute Gasteiger partial charge is 0.361 e. The van der Waals surface area contributed by atoms with E-state index < -0.39 is 0 Å². The van der Waals surface area contributed by atoms with Gasteiger partial charge in [0.2, 0.25) is 0 Å². The van der Waals surface area contributed by atoms with Gasteiger partial charge in [0.15, 0.2) is 4.77 Å². The van der Waals surface area contributed by atoms with Crippen LogP contribution < -0.4 is 0 Å². The van der Waals surface area contributed by atoms with Gasteiger partial charge in [0.1, 0.15) is 0 Å². The van der Waals surface area contributed by atoms with E-state index in [1.165, 1.54) is 33.3 Å². The smallest absolute Gasteiger partial charge is 0.196 e. The number of H-pyrrole nitrogens is 2. The first-order chi connectivity index (χ1) is 10.7. The summed E-state index contributed by atoms with van der Waals surface area (Å²) in [7, 11) is 0. The first-order valence-corrected chi connectivity index (χ1v) is 7.96. The van der Waals surface area contributed by atoms with Crippen LogP contribution in [0.25, 0.3) is 10.9 Å². The molecule has 0 radical (unpaired) electrons. The lowest BCUT2D eigenvalue weighted by atomic mass is 10.1. The molecule has 0 fully saturated rings. The third kappa shape index (κ3) is 2.46. The average molecular weight is 310 g/mol. The molecular formula is C17H18N4S. The molecule has 5 heteroatoms. The average Bonchev–Trinajstić information content (AvgIpc) is 2.90. The van der Waals surface area contributed by atoms with E-state index in [-0.39, 0.29) is 0 Å². The monoisotopic (exact) mass is 310 g/mol. The molecule has 1 aliphatic heterocycles. The van der Waals surface area contributed by atoms with Gasteiger partial charge >= 0.3 is 0 Å². The maximum absolute atomic E-state index is 5.10. The molecule has 4 rings (SSSR count). The topological polar surface area (TPSA) is 47.7 Å². The first kappa shape index (κ1) is 13.7. The quantitative estimate of drug-likeness (QED) is 0.712. The summed E-state index contributed by atoms with van der Waals surface area (Å²) in [6, 6.07) is 6.56. The van der Waals surface area contributed by atoms with Crippen molar-refractivity contribution in [2.75, 3.05) is 6.54 Å². The normalized spacial score (nSPS) is 15.1. The van der Waals surface area contributed by atoms with Crippen LogP contribution in [0.1, 0.15) is 22.4 Å². The zero-order chi connectivity index (χ0) is 15.1. The molecule has 3 aromatic rings. The van der Waals surface area contributed by atoms with E-state index in [9.17, 15) is 0 Å². The van der Waals surface area contributed by atoms with Gasteiger partial charge in [0.25, 0.3) is 0 Å². The number of aromatic nitrogens is 3. The van der Waals surface area contributed by atoms with E-state index >= 15 is 0 Å². The second-order valence-corrected chi connectivity index (χ2v) is 6.40. The van der Waals surface area contributed by atoms with Crippen molar-refractivity contribution in [2.45, 2.75) is 26.4 Å². The van der Waals surface area contributed by atoms with Gasteiger partial charge in [-0.05, 0) is 36.8 Å². The Balaban J connectivity index is 1.60. The Bertz CT molecular complexity index is 893. The van der Waals surface area contributed by atoms with Crippen molar-refractivity contribution in [3.8, 4) is 0 Å². The van der Waals surface area contributed by atoms with Gasteiger partial charge in [0, 0.05) is 60.6 Å². The molecule has 0 bridgehead atoms. The van der Waals surface area contributed by atoms with Crippen molar-refractivity contribution in [3.05, 3.63) is 57.7 Å². The molecule has 1 aliphatic rings. The molecule has 0 saturated heterocycles. The van der Waals surface area contributed by atoms with Crippen LogP contribution in [0, 0.1) is 11.7 Å². The Morgan fingerprint density at radius 3 is 3.18 bits per heavy atom. The fourth-order valence-corrected chi connectivity index (χ4v) is 3.38. The summed E-state index contributed by atoms with van der Waals surface area (Å²) in [5.74, 6) is 0. The number of nitrogens with one attached hydrogen (secondary N) is 2. The summed E-state index contributed by atoms with van der Waals surface area (Å²) in [4.78, 5) is 13.3. The predicted octanol–water partition coefficient (Wildman–Crippen LogP) is 3.49. The predicted molar refractivity (Wildman–Crippen MR) is 90.3 cm³/mol. The number of nitrogens with zero attached hydrogens (tertiary/aromatic N) is 2. The molecule has 0 saturated carbocycles.